The lowest BCUT2D eigenvalue weighted by Gasteiger charge is -2.17. The number of anilines is 1. The average Bonchev–Trinajstić information content (AvgIpc) is 3.00. The van der Waals surface area contributed by atoms with E-state index < -0.39 is 0 Å². The van der Waals surface area contributed by atoms with E-state index in [1.165, 1.54) is 6.42 Å². The second kappa shape index (κ2) is 6.06. The third-order valence-corrected chi connectivity index (χ3v) is 4.54. The van der Waals surface area contributed by atoms with Crippen LogP contribution in [0.1, 0.15) is 31.9 Å². The maximum atomic E-state index is 9.94. The highest BCUT2D eigenvalue weighted by Gasteiger charge is 2.41. The monoisotopic (exact) mass is 276 g/mol. The smallest absolute Gasteiger partial charge is 0.144 e. The molecule has 0 spiro atoms. The number of fused-ring (bicyclic) bond motifs is 1. The molecule has 0 bridgehead atoms. The van der Waals surface area contributed by atoms with Crippen LogP contribution in [0, 0.1) is 11.8 Å². The molecule has 2 aliphatic rings. The molecule has 1 aromatic rings. The first-order valence-electron chi connectivity index (χ1n) is 7.71. The van der Waals surface area contributed by atoms with Gasteiger partial charge < -0.3 is 10.4 Å². The first-order valence-corrected chi connectivity index (χ1v) is 7.71. The van der Waals surface area contributed by atoms with Gasteiger partial charge in [0.15, 0.2) is 0 Å². The number of aromatic nitrogens is 2. The number of nitrogens with zero attached hydrogens (tertiary/aromatic N) is 3. The van der Waals surface area contributed by atoms with Crippen molar-refractivity contribution in [1.82, 2.24) is 14.9 Å². The van der Waals surface area contributed by atoms with E-state index in [1.54, 1.807) is 0 Å². The number of hydrogen-bond donors (Lipinski definition) is 2. The third-order valence-electron chi connectivity index (χ3n) is 4.54. The van der Waals surface area contributed by atoms with Crippen LogP contribution in [0.15, 0.2) is 12.4 Å². The van der Waals surface area contributed by atoms with E-state index in [0.29, 0.717) is 11.8 Å². The maximum absolute atomic E-state index is 9.94. The number of aliphatic hydroxyl groups excluding tert-OH is 1. The van der Waals surface area contributed by atoms with Gasteiger partial charge in [-0.1, -0.05) is 6.92 Å². The van der Waals surface area contributed by atoms with Crippen molar-refractivity contribution in [3.8, 4) is 0 Å². The zero-order valence-corrected chi connectivity index (χ0v) is 12.1. The number of hydrogen-bond acceptors (Lipinski definition) is 5. The van der Waals surface area contributed by atoms with Crippen LogP contribution >= 0.6 is 0 Å². The van der Waals surface area contributed by atoms with Crippen molar-refractivity contribution in [2.75, 3.05) is 25.0 Å². The third kappa shape index (κ3) is 2.94. The van der Waals surface area contributed by atoms with Gasteiger partial charge in [-0.05, 0) is 25.2 Å². The number of likely N-dealkylation sites (tertiary alicyclic amines) is 1. The van der Waals surface area contributed by atoms with E-state index in [2.05, 4.69) is 27.1 Å². The minimum absolute atomic E-state index is 0.0864. The lowest BCUT2D eigenvalue weighted by Crippen LogP contribution is -2.24. The highest BCUT2D eigenvalue weighted by Crippen LogP contribution is 2.38. The summed E-state index contributed by atoms with van der Waals surface area (Å²) in [6.07, 6.45) is 6.84. The van der Waals surface area contributed by atoms with Gasteiger partial charge in [0.25, 0.3) is 0 Å². The van der Waals surface area contributed by atoms with Crippen LogP contribution in [-0.4, -0.2) is 45.7 Å². The second-order valence-electron chi connectivity index (χ2n) is 6.08. The first kappa shape index (κ1) is 13.8. The molecule has 2 fully saturated rings. The van der Waals surface area contributed by atoms with Crippen LogP contribution in [0.25, 0.3) is 0 Å². The summed E-state index contributed by atoms with van der Waals surface area (Å²) in [5.74, 6) is 2.02. The van der Waals surface area contributed by atoms with Crippen LogP contribution in [0.3, 0.4) is 0 Å². The Balaban J connectivity index is 1.53. The van der Waals surface area contributed by atoms with Crippen LogP contribution in [-0.2, 0) is 6.54 Å². The fraction of sp³-hybridized carbons (Fsp3) is 0.733. The van der Waals surface area contributed by atoms with Crippen LogP contribution in [0.4, 0.5) is 5.82 Å². The Morgan fingerprint density at radius 3 is 2.90 bits per heavy atom. The number of aliphatic hydroxyl groups is 1. The van der Waals surface area contributed by atoms with E-state index in [-0.39, 0.29) is 6.10 Å². The van der Waals surface area contributed by atoms with Crippen molar-refractivity contribution in [3.05, 3.63) is 18.1 Å². The van der Waals surface area contributed by atoms with Crippen molar-refractivity contribution in [2.24, 2.45) is 11.8 Å². The SMILES string of the molecule is CCCNc1cnc(CN2CC3CCC(O)C3C2)cn1. The minimum Gasteiger partial charge on any atom is -0.393 e. The molecule has 20 heavy (non-hydrogen) atoms. The van der Waals surface area contributed by atoms with E-state index in [0.717, 1.165) is 50.5 Å². The molecule has 1 saturated carbocycles. The van der Waals surface area contributed by atoms with Crippen LogP contribution in [0.2, 0.25) is 0 Å². The lowest BCUT2D eigenvalue weighted by atomic mass is 10.00. The van der Waals surface area contributed by atoms with Gasteiger partial charge >= 0.3 is 0 Å². The summed E-state index contributed by atoms with van der Waals surface area (Å²) in [6, 6.07) is 0. The molecular formula is C15H24N4O. The van der Waals surface area contributed by atoms with Crippen molar-refractivity contribution >= 4 is 5.82 Å². The van der Waals surface area contributed by atoms with Gasteiger partial charge in [0.2, 0.25) is 0 Å². The Morgan fingerprint density at radius 2 is 2.20 bits per heavy atom. The molecule has 1 saturated heterocycles. The Kier molecular flexibility index (Phi) is 4.17. The second-order valence-corrected chi connectivity index (χ2v) is 6.08. The molecule has 3 atom stereocenters. The molecule has 1 aliphatic heterocycles. The van der Waals surface area contributed by atoms with Gasteiger partial charge in [0.1, 0.15) is 5.82 Å². The lowest BCUT2D eigenvalue weighted by molar-refractivity contribution is 0.123. The molecular weight excluding hydrogens is 252 g/mol. The normalized spacial score (nSPS) is 29.6. The minimum atomic E-state index is -0.0864. The van der Waals surface area contributed by atoms with E-state index >= 15 is 0 Å². The van der Waals surface area contributed by atoms with Gasteiger partial charge in [-0.3, -0.25) is 9.88 Å². The zero-order valence-electron chi connectivity index (χ0n) is 12.1. The van der Waals surface area contributed by atoms with Gasteiger partial charge in [-0.25, -0.2) is 4.98 Å². The molecule has 0 amide bonds. The van der Waals surface area contributed by atoms with E-state index in [9.17, 15) is 5.11 Å². The van der Waals surface area contributed by atoms with Gasteiger partial charge in [-0.15, -0.1) is 0 Å². The Bertz CT molecular complexity index is 436. The molecule has 1 aliphatic carbocycles. The first-order chi connectivity index (χ1) is 9.76. The summed E-state index contributed by atoms with van der Waals surface area (Å²) in [5.41, 5.74) is 1.02. The molecule has 110 valence electrons. The predicted octanol–water partition coefficient (Wildman–Crippen LogP) is 1.50. The maximum Gasteiger partial charge on any atom is 0.144 e. The van der Waals surface area contributed by atoms with Crippen LogP contribution < -0.4 is 5.32 Å². The van der Waals surface area contributed by atoms with Gasteiger partial charge in [0.05, 0.1) is 24.2 Å². The molecule has 1 aromatic heterocycles. The molecule has 0 aromatic carbocycles. The largest absolute Gasteiger partial charge is 0.393 e. The van der Waals surface area contributed by atoms with Crippen molar-refractivity contribution in [3.63, 3.8) is 0 Å². The summed E-state index contributed by atoms with van der Waals surface area (Å²) >= 11 is 0. The Hall–Kier alpha value is -1.20. The average molecular weight is 276 g/mol. The standard InChI is InChI=1S/C15H24N4O/c1-2-5-16-15-7-17-12(6-18-15)9-19-8-11-3-4-14(20)13(11)10-19/h6-7,11,13-14,20H,2-5,8-10H2,1H3,(H,16,18). The quantitative estimate of drug-likeness (QED) is 0.853. The highest BCUT2D eigenvalue weighted by molar-refractivity contribution is 5.30. The van der Waals surface area contributed by atoms with Crippen molar-refractivity contribution in [2.45, 2.75) is 38.8 Å². The Labute approximate surface area is 120 Å². The molecule has 3 rings (SSSR count). The van der Waals surface area contributed by atoms with Gasteiger partial charge in [-0.2, -0.15) is 0 Å². The summed E-state index contributed by atoms with van der Waals surface area (Å²) in [5, 5.41) is 13.2. The predicted molar refractivity (Wildman–Crippen MR) is 78.3 cm³/mol. The summed E-state index contributed by atoms with van der Waals surface area (Å²) in [4.78, 5) is 11.3. The topological polar surface area (TPSA) is 61.3 Å². The number of nitrogens with one attached hydrogen (secondary N) is 1. The van der Waals surface area contributed by atoms with E-state index in [1.807, 2.05) is 12.4 Å². The van der Waals surface area contributed by atoms with Crippen molar-refractivity contribution < 1.29 is 5.11 Å². The molecule has 2 heterocycles. The van der Waals surface area contributed by atoms with Crippen molar-refractivity contribution in [1.29, 1.82) is 0 Å². The van der Waals surface area contributed by atoms with E-state index in [4.69, 9.17) is 0 Å². The zero-order chi connectivity index (χ0) is 13.9. The Morgan fingerprint density at radius 1 is 1.30 bits per heavy atom. The summed E-state index contributed by atoms with van der Waals surface area (Å²) in [6.45, 7) is 6.01. The van der Waals surface area contributed by atoms with Gasteiger partial charge in [0, 0.05) is 32.1 Å². The fourth-order valence-electron chi connectivity index (χ4n) is 3.47. The summed E-state index contributed by atoms with van der Waals surface area (Å²) in [7, 11) is 0. The molecule has 3 unspecified atom stereocenters. The highest BCUT2D eigenvalue weighted by atomic mass is 16.3. The summed E-state index contributed by atoms with van der Waals surface area (Å²) < 4.78 is 0. The molecule has 0 radical (unpaired) electrons. The molecule has 5 heteroatoms. The molecule has 2 N–H and O–H groups in total. The fourth-order valence-corrected chi connectivity index (χ4v) is 3.47. The number of rotatable bonds is 5. The van der Waals surface area contributed by atoms with Crippen LogP contribution in [0.5, 0.6) is 0 Å². The molecule has 5 nitrogen and oxygen atoms in total.